The Morgan fingerprint density at radius 3 is 2.48 bits per heavy atom. The van der Waals surface area contributed by atoms with Gasteiger partial charge in [0.05, 0.1) is 6.20 Å². The molecule has 1 N–H and O–H groups in total. The number of hydrogen-bond acceptors (Lipinski definition) is 3. The molecule has 0 bridgehead atoms. The van der Waals surface area contributed by atoms with Crippen LogP contribution in [0.2, 0.25) is 0 Å². The third-order valence-corrected chi connectivity index (χ3v) is 5.13. The summed E-state index contributed by atoms with van der Waals surface area (Å²) in [6.45, 7) is 9.23. The molecule has 0 spiro atoms. The molecule has 21 heavy (non-hydrogen) atoms. The van der Waals surface area contributed by atoms with E-state index in [1.165, 1.54) is 31.4 Å². The van der Waals surface area contributed by atoms with E-state index in [0.29, 0.717) is 6.61 Å². The fourth-order valence-corrected chi connectivity index (χ4v) is 3.25. The lowest BCUT2D eigenvalue weighted by atomic mass is 9.77. The minimum absolute atomic E-state index is 0.217. The first-order chi connectivity index (χ1) is 10.2. The first-order valence-corrected chi connectivity index (χ1v) is 8.50. The number of unbranched alkanes of at least 4 members (excludes halogenated alkanes) is 2. The van der Waals surface area contributed by atoms with Crippen LogP contribution in [-0.4, -0.2) is 46.0 Å². The summed E-state index contributed by atoms with van der Waals surface area (Å²) >= 11 is 0. The van der Waals surface area contributed by atoms with Crippen LogP contribution < -0.4 is 0 Å². The van der Waals surface area contributed by atoms with E-state index in [0.717, 1.165) is 38.9 Å². The summed E-state index contributed by atoms with van der Waals surface area (Å²) in [6.07, 6.45) is 11.2. The van der Waals surface area contributed by atoms with E-state index < -0.39 is 0 Å². The molecular weight excluding hydrogens is 262 g/mol. The second kappa shape index (κ2) is 7.95. The van der Waals surface area contributed by atoms with Crippen LogP contribution in [-0.2, 0) is 6.54 Å². The monoisotopic (exact) mass is 293 g/mol. The number of aromatic nitrogens is 2. The first kappa shape index (κ1) is 16.5. The lowest BCUT2D eigenvalue weighted by molar-refractivity contribution is 0.0404. The van der Waals surface area contributed by atoms with E-state index >= 15 is 0 Å². The Hall–Kier alpha value is -0.870. The third-order valence-electron chi connectivity index (χ3n) is 5.13. The number of likely N-dealkylation sites (tertiary alicyclic amines) is 1. The zero-order valence-electron chi connectivity index (χ0n) is 13.7. The van der Waals surface area contributed by atoms with Gasteiger partial charge in [-0.3, -0.25) is 4.68 Å². The van der Waals surface area contributed by atoms with E-state index in [-0.39, 0.29) is 5.41 Å². The minimum atomic E-state index is 0.217. The zero-order valence-corrected chi connectivity index (χ0v) is 13.7. The molecule has 1 aliphatic rings. The molecule has 2 heterocycles. The van der Waals surface area contributed by atoms with Crippen LogP contribution in [0.4, 0.5) is 0 Å². The van der Waals surface area contributed by atoms with Gasteiger partial charge in [0, 0.05) is 19.3 Å². The maximum atomic E-state index is 9.56. The maximum Gasteiger partial charge on any atom is 0.0518 e. The van der Waals surface area contributed by atoms with E-state index in [1.54, 1.807) is 0 Å². The summed E-state index contributed by atoms with van der Waals surface area (Å²) in [4.78, 5) is 2.57. The molecule has 0 aromatic carbocycles. The molecule has 1 saturated heterocycles. The molecule has 120 valence electrons. The Labute approximate surface area is 129 Å². The van der Waals surface area contributed by atoms with Crippen molar-refractivity contribution in [2.24, 2.45) is 5.41 Å². The van der Waals surface area contributed by atoms with Gasteiger partial charge in [-0.1, -0.05) is 13.3 Å². The Morgan fingerprint density at radius 2 is 1.90 bits per heavy atom. The summed E-state index contributed by atoms with van der Waals surface area (Å²) in [6, 6.07) is 0. The summed E-state index contributed by atoms with van der Waals surface area (Å²) in [5, 5.41) is 13.9. The van der Waals surface area contributed by atoms with Gasteiger partial charge in [0.15, 0.2) is 0 Å². The van der Waals surface area contributed by atoms with Crippen molar-refractivity contribution in [1.82, 2.24) is 14.7 Å². The largest absolute Gasteiger partial charge is 0.396 e. The molecule has 0 unspecified atom stereocenters. The fourth-order valence-electron chi connectivity index (χ4n) is 3.25. The van der Waals surface area contributed by atoms with Crippen molar-refractivity contribution in [3.8, 4) is 0 Å². The summed E-state index contributed by atoms with van der Waals surface area (Å²) in [7, 11) is 0. The van der Waals surface area contributed by atoms with Gasteiger partial charge in [-0.05, 0) is 69.6 Å². The van der Waals surface area contributed by atoms with E-state index in [1.807, 2.05) is 10.9 Å². The third kappa shape index (κ3) is 4.82. The van der Waals surface area contributed by atoms with Gasteiger partial charge in [-0.2, -0.15) is 5.10 Å². The molecule has 2 rings (SSSR count). The molecule has 0 aliphatic carbocycles. The molecular formula is C17H31N3O. The highest BCUT2D eigenvalue weighted by Gasteiger charge is 2.31. The number of aryl methyl sites for hydroxylation is 2. The van der Waals surface area contributed by atoms with Crippen molar-refractivity contribution < 1.29 is 5.11 Å². The molecule has 4 heteroatoms. The topological polar surface area (TPSA) is 41.3 Å². The average Bonchev–Trinajstić information content (AvgIpc) is 2.93. The van der Waals surface area contributed by atoms with Crippen LogP contribution in [0, 0.1) is 12.3 Å². The predicted octanol–water partition coefficient (Wildman–Crippen LogP) is 2.85. The van der Waals surface area contributed by atoms with Crippen molar-refractivity contribution in [3.05, 3.63) is 18.0 Å². The van der Waals surface area contributed by atoms with Crippen LogP contribution in [0.15, 0.2) is 12.4 Å². The van der Waals surface area contributed by atoms with Gasteiger partial charge < -0.3 is 10.0 Å². The molecule has 1 aromatic heterocycles. The molecule has 1 aliphatic heterocycles. The molecule has 0 atom stereocenters. The van der Waals surface area contributed by atoms with Crippen LogP contribution in [0.3, 0.4) is 0 Å². The summed E-state index contributed by atoms with van der Waals surface area (Å²) < 4.78 is 2.05. The van der Waals surface area contributed by atoms with Crippen molar-refractivity contribution >= 4 is 0 Å². The quantitative estimate of drug-likeness (QED) is 0.749. The van der Waals surface area contributed by atoms with Crippen molar-refractivity contribution in [2.45, 2.75) is 58.9 Å². The number of nitrogens with zero attached hydrogens (tertiary/aromatic N) is 3. The Bertz CT molecular complexity index is 402. The van der Waals surface area contributed by atoms with Gasteiger partial charge in [0.1, 0.15) is 0 Å². The SMILES string of the molecule is CCC1(CO)CCN(CCCCCn2cc(C)cn2)CC1. The number of rotatable bonds is 8. The zero-order chi connectivity index (χ0) is 15.1. The Kier molecular flexibility index (Phi) is 6.24. The van der Waals surface area contributed by atoms with Gasteiger partial charge in [0.2, 0.25) is 0 Å². The molecule has 0 saturated carbocycles. The second-order valence-electron chi connectivity index (χ2n) is 6.69. The predicted molar refractivity (Wildman–Crippen MR) is 86.3 cm³/mol. The lowest BCUT2D eigenvalue weighted by Gasteiger charge is -2.40. The highest BCUT2D eigenvalue weighted by molar-refractivity contribution is 4.99. The minimum Gasteiger partial charge on any atom is -0.396 e. The number of piperidine rings is 1. The Morgan fingerprint density at radius 1 is 1.19 bits per heavy atom. The summed E-state index contributed by atoms with van der Waals surface area (Å²) in [5.74, 6) is 0. The highest BCUT2D eigenvalue weighted by Crippen LogP contribution is 2.34. The first-order valence-electron chi connectivity index (χ1n) is 8.50. The number of aliphatic hydroxyl groups excluding tert-OH is 1. The van der Waals surface area contributed by atoms with Gasteiger partial charge in [-0.15, -0.1) is 0 Å². The smallest absolute Gasteiger partial charge is 0.0518 e. The average molecular weight is 293 g/mol. The van der Waals surface area contributed by atoms with E-state index in [4.69, 9.17) is 0 Å². The number of hydrogen-bond donors (Lipinski definition) is 1. The molecule has 1 fully saturated rings. The van der Waals surface area contributed by atoms with Gasteiger partial charge in [-0.25, -0.2) is 0 Å². The summed E-state index contributed by atoms with van der Waals surface area (Å²) in [5.41, 5.74) is 1.46. The normalized spacial score (nSPS) is 19.0. The van der Waals surface area contributed by atoms with Crippen molar-refractivity contribution in [1.29, 1.82) is 0 Å². The van der Waals surface area contributed by atoms with Gasteiger partial charge >= 0.3 is 0 Å². The van der Waals surface area contributed by atoms with Crippen LogP contribution in [0.25, 0.3) is 0 Å². The second-order valence-corrected chi connectivity index (χ2v) is 6.69. The highest BCUT2D eigenvalue weighted by atomic mass is 16.3. The van der Waals surface area contributed by atoms with E-state index in [2.05, 4.69) is 30.0 Å². The van der Waals surface area contributed by atoms with Gasteiger partial charge in [0.25, 0.3) is 0 Å². The van der Waals surface area contributed by atoms with E-state index in [9.17, 15) is 5.11 Å². The number of aliphatic hydroxyl groups is 1. The van der Waals surface area contributed by atoms with Crippen LogP contribution in [0.5, 0.6) is 0 Å². The molecule has 1 aromatic rings. The molecule has 0 radical (unpaired) electrons. The Balaban J connectivity index is 1.56. The molecule has 4 nitrogen and oxygen atoms in total. The standard InChI is InChI=1S/C17H31N3O/c1-3-17(15-21)7-11-19(12-8-17)9-5-4-6-10-20-14-16(2)13-18-20/h13-14,21H,3-12,15H2,1-2H3. The lowest BCUT2D eigenvalue weighted by Crippen LogP contribution is -2.42. The van der Waals surface area contributed by atoms with Crippen molar-refractivity contribution in [2.75, 3.05) is 26.2 Å². The fraction of sp³-hybridized carbons (Fsp3) is 0.824. The maximum absolute atomic E-state index is 9.56. The van der Waals surface area contributed by atoms with Crippen LogP contribution >= 0.6 is 0 Å². The molecule has 0 amide bonds. The van der Waals surface area contributed by atoms with Crippen LogP contribution in [0.1, 0.15) is 51.0 Å². The van der Waals surface area contributed by atoms with Crippen molar-refractivity contribution in [3.63, 3.8) is 0 Å².